The van der Waals surface area contributed by atoms with E-state index in [0.717, 1.165) is 6.42 Å². The predicted octanol–water partition coefficient (Wildman–Crippen LogP) is 3.00. The van der Waals surface area contributed by atoms with Crippen molar-refractivity contribution in [2.75, 3.05) is 7.05 Å². The van der Waals surface area contributed by atoms with E-state index in [-0.39, 0.29) is 24.6 Å². The Balaban J connectivity index is 0.000000500. The van der Waals surface area contributed by atoms with Crippen molar-refractivity contribution in [1.29, 1.82) is 0 Å². The minimum absolute atomic E-state index is 0.0833. The Kier molecular flexibility index (Phi) is 9.74. The standard InChI is InChI=1S/C10H15N.2CH3.Hg/c1-9(11-2)8-10-6-4-3-5-7-10;;;/h3-7,9,11H,8H2,1-2H3;2*1H3;/t9-;;;/m0.../s1. The van der Waals surface area contributed by atoms with Gasteiger partial charge in [0.1, 0.15) is 0 Å². The molecule has 0 saturated heterocycles. The van der Waals surface area contributed by atoms with Crippen LogP contribution < -0.4 is 5.32 Å². The fourth-order valence-corrected chi connectivity index (χ4v) is 1.07. The minimum atomic E-state index is -0.0833. The number of nitrogens with one attached hydrogen (secondary N) is 1. The van der Waals surface area contributed by atoms with Crippen molar-refractivity contribution in [2.45, 2.75) is 28.3 Å². The molecule has 0 fully saturated rings. The van der Waals surface area contributed by atoms with Crippen molar-refractivity contribution in [3.63, 3.8) is 0 Å². The van der Waals surface area contributed by atoms with Crippen LogP contribution >= 0.6 is 0 Å². The zero-order valence-corrected chi connectivity index (χ0v) is 15.4. The molecule has 0 aromatic heterocycles. The molecule has 1 N–H and O–H groups in total. The molecule has 0 spiro atoms. The van der Waals surface area contributed by atoms with E-state index in [9.17, 15) is 0 Å². The van der Waals surface area contributed by atoms with Crippen LogP contribution in [0.2, 0.25) is 8.86 Å². The van der Waals surface area contributed by atoms with Crippen molar-refractivity contribution in [3.8, 4) is 0 Å². The van der Waals surface area contributed by atoms with Gasteiger partial charge in [-0.2, -0.15) is 0 Å². The summed E-state index contributed by atoms with van der Waals surface area (Å²) in [5.41, 5.74) is 1.40. The number of hydrogen-bond acceptors (Lipinski definition) is 1. The fraction of sp³-hybridized carbons (Fsp3) is 0.500. The number of likely N-dealkylation sites (N-methyl/N-ethyl adjacent to an activating group) is 1. The van der Waals surface area contributed by atoms with Gasteiger partial charge in [0.25, 0.3) is 0 Å². The van der Waals surface area contributed by atoms with E-state index < -0.39 is 0 Å². The van der Waals surface area contributed by atoms with E-state index in [0.29, 0.717) is 6.04 Å². The summed E-state index contributed by atoms with van der Waals surface area (Å²) in [6.07, 6.45) is 1.11. The first-order chi connectivity index (χ1) is 6.74. The van der Waals surface area contributed by atoms with Crippen molar-refractivity contribution in [1.82, 2.24) is 5.32 Å². The van der Waals surface area contributed by atoms with Gasteiger partial charge in [-0.05, 0) is 26.0 Å². The van der Waals surface area contributed by atoms with Crippen LogP contribution in [-0.4, -0.2) is 13.1 Å². The number of benzene rings is 1. The average molecular weight is 380 g/mol. The normalized spacial score (nSPS) is 10.9. The van der Waals surface area contributed by atoms with Gasteiger partial charge in [-0.25, -0.2) is 0 Å². The molecule has 76 valence electrons. The van der Waals surface area contributed by atoms with E-state index in [2.05, 4.69) is 45.4 Å². The van der Waals surface area contributed by atoms with Crippen LogP contribution in [0.4, 0.5) is 0 Å². The van der Waals surface area contributed by atoms with Crippen molar-refractivity contribution in [3.05, 3.63) is 35.9 Å². The molecule has 0 heterocycles. The second-order valence-electron chi connectivity index (χ2n) is 3.59. The van der Waals surface area contributed by atoms with Gasteiger partial charge in [0.05, 0.1) is 0 Å². The van der Waals surface area contributed by atoms with Crippen molar-refractivity contribution in [2.24, 2.45) is 0 Å². The molecule has 0 saturated carbocycles. The van der Waals surface area contributed by atoms with Crippen molar-refractivity contribution >= 4 is 0 Å². The molecular formula is C12H21HgN. The molecule has 1 nitrogen and oxygen atoms in total. The van der Waals surface area contributed by atoms with E-state index in [1.54, 1.807) is 0 Å². The van der Waals surface area contributed by atoms with E-state index in [4.69, 9.17) is 0 Å². The van der Waals surface area contributed by atoms with Gasteiger partial charge >= 0.3 is 33.4 Å². The summed E-state index contributed by atoms with van der Waals surface area (Å²) < 4.78 is 4.69. The second-order valence-corrected chi connectivity index (χ2v) is 9.08. The molecule has 0 radical (unpaired) electrons. The van der Waals surface area contributed by atoms with Crippen LogP contribution in [0.3, 0.4) is 0 Å². The Hall–Kier alpha value is 0.115. The van der Waals surface area contributed by atoms with Crippen LogP contribution in [0.1, 0.15) is 12.5 Å². The number of rotatable bonds is 3. The Morgan fingerprint density at radius 2 is 1.71 bits per heavy atom. The van der Waals surface area contributed by atoms with Crippen LogP contribution in [0.5, 0.6) is 0 Å². The maximum atomic E-state index is 3.21. The summed E-state index contributed by atoms with van der Waals surface area (Å²) in [5, 5.41) is 3.21. The van der Waals surface area contributed by atoms with Gasteiger partial charge in [0.15, 0.2) is 0 Å². The molecule has 1 aromatic rings. The van der Waals surface area contributed by atoms with Crippen LogP contribution in [-0.2, 0) is 31.0 Å². The van der Waals surface area contributed by atoms with E-state index in [1.807, 2.05) is 13.1 Å². The fourth-order valence-electron chi connectivity index (χ4n) is 1.07. The van der Waals surface area contributed by atoms with Gasteiger partial charge in [-0.15, -0.1) is 0 Å². The van der Waals surface area contributed by atoms with Gasteiger partial charge in [-0.3, -0.25) is 0 Å². The van der Waals surface area contributed by atoms with Gasteiger partial charge in [0, 0.05) is 6.04 Å². The third-order valence-electron chi connectivity index (χ3n) is 1.88. The molecule has 0 bridgehead atoms. The summed E-state index contributed by atoms with van der Waals surface area (Å²) in [4.78, 5) is 0. The molecule has 2 heteroatoms. The summed E-state index contributed by atoms with van der Waals surface area (Å²) >= 11 is -0.0833. The summed E-state index contributed by atoms with van der Waals surface area (Å²) in [6, 6.07) is 11.1. The first-order valence-corrected chi connectivity index (χ1v) is 16.4. The quantitative estimate of drug-likeness (QED) is 0.796. The summed E-state index contributed by atoms with van der Waals surface area (Å²) in [5.74, 6) is 0. The Morgan fingerprint density at radius 1 is 1.21 bits per heavy atom. The Morgan fingerprint density at radius 3 is 2.14 bits per heavy atom. The zero-order chi connectivity index (χ0) is 10.8. The van der Waals surface area contributed by atoms with E-state index >= 15 is 0 Å². The average Bonchev–Trinajstić information content (AvgIpc) is 2.20. The molecule has 1 atom stereocenters. The second kappa shape index (κ2) is 9.66. The third-order valence-corrected chi connectivity index (χ3v) is 1.88. The van der Waals surface area contributed by atoms with Crippen LogP contribution in [0.25, 0.3) is 0 Å². The molecular weight excluding hydrogens is 359 g/mol. The van der Waals surface area contributed by atoms with E-state index in [1.165, 1.54) is 5.56 Å². The zero-order valence-electron chi connectivity index (χ0n) is 9.88. The first-order valence-electron chi connectivity index (χ1n) is 5.45. The predicted molar refractivity (Wildman–Crippen MR) is 60.4 cm³/mol. The SMILES string of the molecule is CN[C@@H](C)Cc1ccccc1.[CH3][Hg][CH3]. The maximum absolute atomic E-state index is 3.21. The molecule has 0 unspecified atom stereocenters. The molecule has 14 heavy (non-hydrogen) atoms. The number of hydrogen-bond donors (Lipinski definition) is 1. The summed E-state index contributed by atoms with van der Waals surface area (Å²) in [7, 11) is 1.99. The Labute approximate surface area is 101 Å². The molecule has 0 aliphatic rings. The van der Waals surface area contributed by atoms with Gasteiger partial charge in [-0.1, -0.05) is 30.3 Å². The summed E-state index contributed by atoms with van der Waals surface area (Å²) in [6.45, 7) is 2.19. The molecule has 1 rings (SSSR count). The molecule has 1 aromatic carbocycles. The van der Waals surface area contributed by atoms with Crippen molar-refractivity contribution < 1.29 is 24.6 Å². The Bertz CT molecular complexity index is 211. The molecule has 0 amide bonds. The topological polar surface area (TPSA) is 12.0 Å². The van der Waals surface area contributed by atoms with Crippen LogP contribution in [0.15, 0.2) is 30.3 Å². The monoisotopic (exact) mass is 381 g/mol. The van der Waals surface area contributed by atoms with Gasteiger partial charge in [0.2, 0.25) is 0 Å². The molecule has 0 aliphatic heterocycles. The molecule has 0 aliphatic carbocycles. The first kappa shape index (κ1) is 14.1. The third kappa shape index (κ3) is 7.51. The van der Waals surface area contributed by atoms with Gasteiger partial charge < -0.3 is 5.32 Å². The van der Waals surface area contributed by atoms with Crippen LogP contribution in [0, 0.1) is 0 Å².